The van der Waals surface area contributed by atoms with Gasteiger partial charge in [-0.1, -0.05) is 30.3 Å². The molecule has 0 aromatic heterocycles. The summed E-state index contributed by atoms with van der Waals surface area (Å²) in [7, 11) is 2.07. The number of carbonyl (C=O) groups excluding carboxylic acids is 1. The topological polar surface area (TPSA) is 52.6 Å². The Balaban J connectivity index is 1.77. The molecule has 1 aliphatic heterocycles. The van der Waals surface area contributed by atoms with E-state index in [1.807, 2.05) is 48.5 Å². The van der Waals surface area contributed by atoms with Gasteiger partial charge in [-0.2, -0.15) is 0 Å². The Bertz CT molecular complexity index is 685. The molecule has 3 rings (SSSR count). The van der Waals surface area contributed by atoms with E-state index < -0.39 is 0 Å². The van der Waals surface area contributed by atoms with Crippen LogP contribution in [-0.2, 0) is 6.42 Å². The number of aliphatic hydroxyl groups is 1. The van der Waals surface area contributed by atoms with E-state index in [2.05, 4.69) is 17.3 Å². The Morgan fingerprint density at radius 3 is 2.78 bits per heavy atom. The molecule has 0 fully saturated rings. The van der Waals surface area contributed by atoms with Gasteiger partial charge in [-0.3, -0.25) is 4.79 Å². The lowest BCUT2D eigenvalue weighted by Gasteiger charge is -2.19. The largest absolute Gasteiger partial charge is 0.396 e. The first-order valence-electron chi connectivity index (χ1n) is 8.00. The van der Waals surface area contributed by atoms with E-state index >= 15 is 0 Å². The molecule has 1 aliphatic rings. The predicted molar refractivity (Wildman–Crippen MR) is 91.8 cm³/mol. The molecule has 2 aromatic rings. The number of benzene rings is 2. The molecular formula is C19H22N2O2. The molecule has 1 heterocycles. The first-order valence-corrected chi connectivity index (χ1v) is 8.00. The number of hydrogen-bond donors (Lipinski definition) is 2. The van der Waals surface area contributed by atoms with Crippen LogP contribution >= 0.6 is 0 Å². The third-order valence-corrected chi connectivity index (χ3v) is 4.39. The van der Waals surface area contributed by atoms with Crippen molar-refractivity contribution in [3.63, 3.8) is 0 Å². The van der Waals surface area contributed by atoms with Gasteiger partial charge in [0.15, 0.2) is 0 Å². The Hall–Kier alpha value is -2.33. The minimum Gasteiger partial charge on any atom is -0.396 e. The van der Waals surface area contributed by atoms with Gasteiger partial charge in [-0.15, -0.1) is 0 Å². The number of fused-ring (bicyclic) bond motifs is 1. The maximum atomic E-state index is 12.6. The zero-order valence-electron chi connectivity index (χ0n) is 13.3. The van der Waals surface area contributed by atoms with Gasteiger partial charge in [0.05, 0.1) is 6.04 Å². The fraction of sp³-hybridized carbons (Fsp3) is 0.316. The molecule has 2 N–H and O–H groups in total. The van der Waals surface area contributed by atoms with Crippen LogP contribution in [0.15, 0.2) is 48.5 Å². The summed E-state index contributed by atoms with van der Waals surface area (Å²) >= 11 is 0. The second-order valence-electron chi connectivity index (χ2n) is 5.96. The number of anilines is 1. The minimum atomic E-state index is -0.176. The van der Waals surface area contributed by atoms with Crippen LogP contribution in [0.25, 0.3) is 0 Å². The quantitative estimate of drug-likeness (QED) is 0.892. The summed E-state index contributed by atoms with van der Waals surface area (Å²) in [6.07, 6.45) is 1.48. The maximum Gasteiger partial charge on any atom is 0.251 e. The van der Waals surface area contributed by atoms with Crippen molar-refractivity contribution in [2.24, 2.45) is 0 Å². The van der Waals surface area contributed by atoms with Crippen molar-refractivity contribution in [2.45, 2.75) is 18.9 Å². The van der Waals surface area contributed by atoms with Crippen LogP contribution in [0.4, 0.5) is 5.69 Å². The van der Waals surface area contributed by atoms with Crippen molar-refractivity contribution in [2.75, 3.05) is 25.1 Å². The average Bonchev–Trinajstić information content (AvgIpc) is 2.96. The molecule has 0 spiro atoms. The lowest BCUT2D eigenvalue weighted by Crippen LogP contribution is -2.29. The van der Waals surface area contributed by atoms with E-state index in [9.17, 15) is 9.90 Å². The monoisotopic (exact) mass is 310 g/mol. The standard InChI is InChI=1S/C19H22N2O2/c1-21-11-9-15-13-16(7-8-18(15)21)19(23)20-17(10-12-22)14-5-3-2-4-6-14/h2-8,13,17,22H,9-12H2,1H3,(H,20,23). The first kappa shape index (κ1) is 15.6. The van der Waals surface area contributed by atoms with E-state index in [-0.39, 0.29) is 18.6 Å². The molecule has 1 atom stereocenters. The predicted octanol–water partition coefficient (Wildman–Crippen LogP) is 2.53. The van der Waals surface area contributed by atoms with Gasteiger partial charge < -0.3 is 15.3 Å². The summed E-state index contributed by atoms with van der Waals surface area (Å²) in [4.78, 5) is 14.8. The molecule has 0 bridgehead atoms. The Labute approximate surface area is 136 Å². The van der Waals surface area contributed by atoms with Gasteiger partial charge in [0.2, 0.25) is 0 Å². The number of carbonyl (C=O) groups is 1. The van der Waals surface area contributed by atoms with Crippen molar-refractivity contribution in [3.05, 3.63) is 65.2 Å². The van der Waals surface area contributed by atoms with E-state index in [0.29, 0.717) is 12.0 Å². The Kier molecular flexibility index (Phi) is 4.63. The summed E-state index contributed by atoms with van der Waals surface area (Å²) in [6.45, 7) is 1.03. The van der Waals surface area contributed by atoms with Crippen molar-refractivity contribution in [1.29, 1.82) is 0 Å². The molecule has 2 aromatic carbocycles. The number of likely N-dealkylation sites (N-methyl/N-ethyl adjacent to an activating group) is 1. The van der Waals surface area contributed by atoms with Gasteiger partial charge in [0.25, 0.3) is 5.91 Å². The fourth-order valence-corrected chi connectivity index (χ4v) is 3.09. The number of nitrogens with one attached hydrogen (secondary N) is 1. The zero-order valence-corrected chi connectivity index (χ0v) is 13.3. The number of rotatable bonds is 5. The van der Waals surface area contributed by atoms with Crippen LogP contribution in [0, 0.1) is 0 Å². The highest BCUT2D eigenvalue weighted by molar-refractivity contribution is 5.95. The van der Waals surface area contributed by atoms with Crippen molar-refractivity contribution >= 4 is 11.6 Å². The molecule has 1 amide bonds. The van der Waals surface area contributed by atoms with Crippen LogP contribution in [-0.4, -0.2) is 31.2 Å². The van der Waals surface area contributed by atoms with Gasteiger partial charge in [0, 0.05) is 31.5 Å². The summed E-state index contributed by atoms with van der Waals surface area (Å²) in [5, 5.41) is 12.3. The smallest absolute Gasteiger partial charge is 0.251 e. The summed E-state index contributed by atoms with van der Waals surface area (Å²) in [5.74, 6) is -0.0929. The van der Waals surface area contributed by atoms with Crippen LogP contribution in [0.3, 0.4) is 0 Å². The van der Waals surface area contributed by atoms with Gasteiger partial charge in [0.1, 0.15) is 0 Å². The van der Waals surface area contributed by atoms with Gasteiger partial charge >= 0.3 is 0 Å². The first-order chi connectivity index (χ1) is 11.2. The lowest BCUT2D eigenvalue weighted by molar-refractivity contribution is 0.0930. The molecule has 23 heavy (non-hydrogen) atoms. The second kappa shape index (κ2) is 6.84. The van der Waals surface area contributed by atoms with E-state index in [0.717, 1.165) is 18.5 Å². The molecule has 0 saturated carbocycles. The van der Waals surface area contributed by atoms with E-state index in [4.69, 9.17) is 0 Å². The van der Waals surface area contributed by atoms with Crippen LogP contribution in [0.1, 0.15) is 33.9 Å². The number of aliphatic hydroxyl groups excluding tert-OH is 1. The average molecular weight is 310 g/mol. The second-order valence-corrected chi connectivity index (χ2v) is 5.96. The summed E-state index contributed by atoms with van der Waals surface area (Å²) < 4.78 is 0. The Morgan fingerprint density at radius 1 is 1.26 bits per heavy atom. The number of amides is 1. The maximum absolute atomic E-state index is 12.6. The number of hydrogen-bond acceptors (Lipinski definition) is 3. The molecule has 0 aliphatic carbocycles. The molecule has 4 heteroatoms. The highest BCUT2D eigenvalue weighted by atomic mass is 16.3. The normalized spacial score (nSPS) is 14.4. The van der Waals surface area contributed by atoms with Crippen molar-refractivity contribution in [3.8, 4) is 0 Å². The van der Waals surface area contributed by atoms with Crippen LogP contribution in [0.5, 0.6) is 0 Å². The summed E-state index contributed by atoms with van der Waals surface area (Å²) in [6, 6.07) is 15.5. The lowest BCUT2D eigenvalue weighted by atomic mass is 10.0. The Morgan fingerprint density at radius 2 is 2.04 bits per heavy atom. The fourth-order valence-electron chi connectivity index (χ4n) is 3.09. The molecule has 0 saturated heterocycles. The van der Waals surface area contributed by atoms with E-state index in [1.165, 1.54) is 11.3 Å². The van der Waals surface area contributed by atoms with Crippen molar-refractivity contribution < 1.29 is 9.90 Å². The third kappa shape index (κ3) is 3.37. The van der Waals surface area contributed by atoms with Gasteiger partial charge in [-0.25, -0.2) is 0 Å². The third-order valence-electron chi connectivity index (χ3n) is 4.39. The molecule has 0 radical (unpaired) electrons. The highest BCUT2D eigenvalue weighted by Gasteiger charge is 2.19. The number of nitrogens with zero attached hydrogens (tertiary/aromatic N) is 1. The molecular weight excluding hydrogens is 288 g/mol. The summed E-state index contributed by atoms with van der Waals surface area (Å²) in [5.41, 5.74) is 4.11. The molecule has 4 nitrogen and oxygen atoms in total. The minimum absolute atomic E-state index is 0.0365. The molecule has 120 valence electrons. The van der Waals surface area contributed by atoms with Crippen LogP contribution in [0.2, 0.25) is 0 Å². The zero-order chi connectivity index (χ0) is 16.2. The van der Waals surface area contributed by atoms with E-state index in [1.54, 1.807) is 0 Å². The van der Waals surface area contributed by atoms with Crippen LogP contribution < -0.4 is 10.2 Å². The van der Waals surface area contributed by atoms with Crippen molar-refractivity contribution in [1.82, 2.24) is 5.32 Å². The molecule has 1 unspecified atom stereocenters. The highest BCUT2D eigenvalue weighted by Crippen LogP contribution is 2.27. The van der Waals surface area contributed by atoms with Gasteiger partial charge in [-0.05, 0) is 42.2 Å². The SMILES string of the molecule is CN1CCc2cc(C(=O)NC(CCO)c3ccccc3)ccc21.